The predicted molar refractivity (Wildman–Crippen MR) is 131 cm³/mol. The summed E-state index contributed by atoms with van der Waals surface area (Å²) >= 11 is 5.50. The maximum Gasteiger partial charge on any atom is 0.326 e. The van der Waals surface area contributed by atoms with Crippen LogP contribution in [0.25, 0.3) is 0 Å². The van der Waals surface area contributed by atoms with Gasteiger partial charge in [-0.25, -0.2) is 4.79 Å². The van der Waals surface area contributed by atoms with Crippen LogP contribution in [-0.2, 0) is 19.2 Å². The third kappa shape index (κ3) is 9.68. The standard InChI is InChI=1S/C19H35N7O5S2/c1-33-9-6-13(18(30)31)25-15(27)12(4-2-7-23-19(21)22)24-16(28)14-5-3-8-26(14)17(29)11(20)10-32/h11-14,32H,2-10,20H2,1H3,(H,24,28)(H,25,27)(H,30,31)(H4,21,22,23). The minimum Gasteiger partial charge on any atom is -0.480 e. The fourth-order valence-electron chi connectivity index (χ4n) is 3.40. The number of thioether (sulfide) groups is 1. The molecule has 0 radical (unpaired) electrons. The van der Waals surface area contributed by atoms with Crippen LogP contribution >= 0.6 is 24.4 Å². The number of aliphatic carboxylic acids is 1. The predicted octanol–water partition coefficient (Wildman–Crippen LogP) is -1.90. The normalized spacial score (nSPS) is 18.2. The van der Waals surface area contributed by atoms with Gasteiger partial charge in [0.05, 0.1) is 6.04 Å². The molecule has 0 aliphatic carbocycles. The number of carbonyl (C=O) groups excluding carboxylic acids is 3. The van der Waals surface area contributed by atoms with Crippen LogP contribution in [0.3, 0.4) is 0 Å². The minimum atomic E-state index is -1.16. The Labute approximate surface area is 203 Å². The molecule has 1 saturated heterocycles. The molecule has 1 heterocycles. The average Bonchev–Trinajstić information content (AvgIpc) is 3.26. The SMILES string of the molecule is CSCCC(NC(=O)C(CCCN=C(N)N)NC(=O)C1CCCN1C(=O)C(N)CS)C(=O)O. The lowest BCUT2D eigenvalue weighted by atomic mass is 10.1. The third-order valence-corrected chi connectivity index (χ3v) is 6.19. The molecule has 0 aromatic rings. The first-order chi connectivity index (χ1) is 15.6. The van der Waals surface area contributed by atoms with Crippen molar-refractivity contribution in [3.63, 3.8) is 0 Å². The molecule has 0 bridgehead atoms. The molecular weight excluding hydrogens is 470 g/mol. The number of rotatable bonds is 14. The zero-order valence-electron chi connectivity index (χ0n) is 18.7. The zero-order valence-corrected chi connectivity index (χ0v) is 20.4. The average molecular weight is 506 g/mol. The highest BCUT2D eigenvalue weighted by Crippen LogP contribution is 2.19. The number of likely N-dealkylation sites (tertiary alicyclic amines) is 1. The summed E-state index contributed by atoms with van der Waals surface area (Å²) in [5.74, 6) is -2.05. The van der Waals surface area contributed by atoms with Crippen molar-refractivity contribution in [2.45, 2.75) is 56.3 Å². The van der Waals surface area contributed by atoms with E-state index >= 15 is 0 Å². The van der Waals surface area contributed by atoms with Gasteiger partial charge in [-0.1, -0.05) is 0 Å². The molecule has 0 aromatic heterocycles. The van der Waals surface area contributed by atoms with Crippen LogP contribution in [0, 0.1) is 0 Å². The Balaban J connectivity index is 2.92. The van der Waals surface area contributed by atoms with E-state index in [4.69, 9.17) is 17.2 Å². The molecule has 14 heteroatoms. The van der Waals surface area contributed by atoms with Gasteiger partial charge in [-0.2, -0.15) is 24.4 Å². The first-order valence-corrected chi connectivity index (χ1v) is 12.7. The van der Waals surface area contributed by atoms with Crippen molar-refractivity contribution in [2.24, 2.45) is 22.2 Å². The number of carboxylic acid groups (broad SMARTS) is 1. The number of nitrogens with one attached hydrogen (secondary N) is 2. The van der Waals surface area contributed by atoms with Gasteiger partial charge >= 0.3 is 5.97 Å². The lowest BCUT2D eigenvalue weighted by Gasteiger charge is -2.28. The maximum atomic E-state index is 13.0. The van der Waals surface area contributed by atoms with Gasteiger partial charge in [-0.05, 0) is 44.1 Å². The number of hydrogen-bond acceptors (Lipinski definition) is 8. The Hall–Kier alpha value is -2.19. The Kier molecular flexibility index (Phi) is 13.0. The summed E-state index contributed by atoms with van der Waals surface area (Å²) in [7, 11) is 0. The van der Waals surface area contributed by atoms with Crippen molar-refractivity contribution in [1.29, 1.82) is 0 Å². The molecule has 0 aromatic carbocycles. The van der Waals surface area contributed by atoms with E-state index < -0.39 is 42.0 Å². The molecule has 33 heavy (non-hydrogen) atoms. The summed E-state index contributed by atoms with van der Waals surface area (Å²) in [6.07, 6.45) is 3.69. The van der Waals surface area contributed by atoms with Gasteiger partial charge in [-0.3, -0.25) is 19.4 Å². The molecule has 188 valence electrons. The van der Waals surface area contributed by atoms with E-state index in [2.05, 4.69) is 28.3 Å². The van der Waals surface area contributed by atoms with E-state index in [0.29, 0.717) is 31.6 Å². The molecule has 4 atom stereocenters. The van der Waals surface area contributed by atoms with Crippen LogP contribution in [0.2, 0.25) is 0 Å². The number of hydrogen-bond donors (Lipinski definition) is 7. The monoisotopic (exact) mass is 505 g/mol. The van der Waals surface area contributed by atoms with Crippen LogP contribution in [-0.4, -0.2) is 94.7 Å². The third-order valence-electron chi connectivity index (χ3n) is 5.16. The largest absolute Gasteiger partial charge is 0.480 e. The van der Waals surface area contributed by atoms with Crippen molar-refractivity contribution < 1.29 is 24.3 Å². The number of guanidine groups is 1. The van der Waals surface area contributed by atoms with E-state index in [-0.39, 0.29) is 37.0 Å². The molecule has 0 spiro atoms. The fraction of sp³-hybridized carbons (Fsp3) is 0.737. The first kappa shape index (κ1) is 28.8. The van der Waals surface area contributed by atoms with E-state index in [1.165, 1.54) is 16.7 Å². The van der Waals surface area contributed by atoms with Crippen LogP contribution < -0.4 is 27.8 Å². The van der Waals surface area contributed by atoms with E-state index in [1.54, 1.807) is 0 Å². The van der Waals surface area contributed by atoms with E-state index in [1.807, 2.05) is 6.26 Å². The molecule has 3 amide bonds. The smallest absolute Gasteiger partial charge is 0.326 e. The van der Waals surface area contributed by atoms with Crippen LogP contribution in [0.15, 0.2) is 4.99 Å². The molecule has 0 saturated carbocycles. The lowest BCUT2D eigenvalue weighted by Crippen LogP contribution is -2.56. The molecular formula is C19H35N7O5S2. The van der Waals surface area contributed by atoms with Gasteiger partial charge in [0.1, 0.15) is 18.1 Å². The number of carboxylic acids is 1. The Morgan fingerprint density at radius 1 is 1.21 bits per heavy atom. The molecule has 9 N–H and O–H groups in total. The number of thiol groups is 1. The van der Waals surface area contributed by atoms with Crippen molar-refractivity contribution in [3.8, 4) is 0 Å². The van der Waals surface area contributed by atoms with Crippen molar-refractivity contribution >= 4 is 54.0 Å². The molecule has 4 unspecified atom stereocenters. The van der Waals surface area contributed by atoms with Crippen molar-refractivity contribution in [3.05, 3.63) is 0 Å². The highest BCUT2D eigenvalue weighted by atomic mass is 32.2. The fourth-order valence-corrected chi connectivity index (χ4v) is 4.03. The highest BCUT2D eigenvalue weighted by Gasteiger charge is 2.37. The van der Waals surface area contributed by atoms with Crippen LogP contribution in [0.1, 0.15) is 32.1 Å². The Morgan fingerprint density at radius 3 is 2.48 bits per heavy atom. The molecule has 1 aliphatic heterocycles. The highest BCUT2D eigenvalue weighted by molar-refractivity contribution is 7.98. The topological polar surface area (TPSA) is 206 Å². The molecule has 1 rings (SSSR count). The second kappa shape index (κ2) is 14.9. The van der Waals surface area contributed by atoms with E-state index in [0.717, 1.165) is 0 Å². The Bertz CT molecular complexity index is 721. The van der Waals surface area contributed by atoms with Gasteiger partial charge in [0, 0.05) is 18.8 Å². The second-order valence-corrected chi connectivity index (χ2v) is 9.02. The summed E-state index contributed by atoms with van der Waals surface area (Å²) < 4.78 is 0. The van der Waals surface area contributed by atoms with Crippen molar-refractivity contribution in [1.82, 2.24) is 15.5 Å². The summed E-state index contributed by atoms with van der Waals surface area (Å²) in [5.41, 5.74) is 16.4. The quantitative estimate of drug-likeness (QED) is 0.0608. The maximum absolute atomic E-state index is 13.0. The second-order valence-electron chi connectivity index (χ2n) is 7.67. The summed E-state index contributed by atoms with van der Waals surface area (Å²) in [4.78, 5) is 55.1. The Morgan fingerprint density at radius 2 is 1.91 bits per heavy atom. The zero-order chi connectivity index (χ0) is 25.0. The van der Waals surface area contributed by atoms with Gasteiger partial charge in [0.2, 0.25) is 17.7 Å². The molecule has 1 aliphatic rings. The number of nitrogens with two attached hydrogens (primary N) is 3. The minimum absolute atomic E-state index is 0.0938. The number of nitrogens with zero attached hydrogens (tertiary/aromatic N) is 2. The number of carbonyl (C=O) groups is 4. The number of amides is 3. The van der Waals surface area contributed by atoms with Gasteiger partial charge in [0.25, 0.3) is 0 Å². The molecule has 1 fully saturated rings. The van der Waals surface area contributed by atoms with Gasteiger partial charge in [-0.15, -0.1) is 0 Å². The van der Waals surface area contributed by atoms with Gasteiger partial charge < -0.3 is 37.8 Å². The first-order valence-electron chi connectivity index (χ1n) is 10.7. The van der Waals surface area contributed by atoms with Crippen LogP contribution in [0.4, 0.5) is 0 Å². The summed E-state index contributed by atoms with van der Waals surface area (Å²) in [6.45, 7) is 0.622. The van der Waals surface area contributed by atoms with Crippen LogP contribution in [0.5, 0.6) is 0 Å². The molecule has 12 nitrogen and oxygen atoms in total. The number of aliphatic imine (C=N–C) groups is 1. The lowest BCUT2D eigenvalue weighted by molar-refractivity contribution is -0.143. The summed E-state index contributed by atoms with van der Waals surface area (Å²) in [5, 5.41) is 14.6. The van der Waals surface area contributed by atoms with Gasteiger partial charge in [0.15, 0.2) is 5.96 Å². The summed E-state index contributed by atoms with van der Waals surface area (Å²) in [6, 6.07) is -3.68. The van der Waals surface area contributed by atoms with E-state index in [9.17, 15) is 24.3 Å². The van der Waals surface area contributed by atoms with Crippen molar-refractivity contribution in [2.75, 3.05) is 30.9 Å².